The molecular formula is C27H32ClN7O3S. The number of anilines is 3. The van der Waals surface area contributed by atoms with Crippen LogP contribution in [0.1, 0.15) is 32.3 Å². The molecule has 0 bridgehead atoms. The molecule has 1 fully saturated rings. The highest BCUT2D eigenvalue weighted by atomic mass is 35.5. The van der Waals surface area contributed by atoms with Gasteiger partial charge in [-0.1, -0.05) is 31.5 Å². The first-order valence-corrected chi connectivity index (χ1v) is 15.3. The molecule has 10 nitrogen and oxygen atoms in total. The van der Waals surface area contributed by atoms with Crippen molar-refractivity contribution in [3.05, 3.63) is 53.6 Å². The molecule has 206 valence electrons. The van der Waals surface area contributed by atoms with Crippen LogP contribution in [0.25, 0.3) is 22.2 Å². The van der Waals surface area contributed by atoms with E-state index in [1.165, 1.54) is 11.8 Å². The van der Waals surface area contributed by atoms with E-state index in [9.17, 15) is 13.5 Å². The maximum absolute atomic E-state index is 11.8. The number of sulfone groups is 1. The van der Waals surface area contributed by atoms with Gasteiger partial charge < -0.3 is 15.3 Å². The molecule has 3 aromatic heterocycles. The first-order valence-electron chi connectivity index (χ1n) is 12.9. The standard InChI is InChI=1S/C27H32ClN7O3S/c1-16(2)19-5-6-23(35-13-18(17(35)3)15-39(4,37)38)21-12-30-25(11-20(19)21)31-24-7-8-29-27(32-24)22-14-34(9-10-36)33-26(22)28/h5-8,11-12,14,16-18,36H,9-10,13,15H2,1-4H3,(H,29,30,31,32)/t17-,18-/m1/s1. The van der Waals surface area contributed by atoms with E-state index in [0.717, 1.165) is 16.5 Å². The molecule has 1 aromatic carbocycles. The lowest BCUT2D eigenvalue weighted by atomic mass is 9.88. The number of hydrogen-bond acceptors (Lipinski definition) is 9. The molecule has 0 radical (unpaired) electrons. The highest BCUT2D eigenvalue weighted by molar-refractivity contribution is 7.90. The maximum atomic E-state index is 11.8. The van der Waals surface area contributed by atoms with E-state index in [4.69, 9.17) is 16.6 Å². The van der Waals surface area contributed by atoms with Crippen molar-refractivity contribution in [2.45, 2.75) is 39.3 Å². The second-order valence-corrected chi connectivity index (χ2v) is 12.9. The van der Waals surface area contributed by atoms with Gasteiger partial charge in [-0.3, -0.25) is 4.68 Å². The molecule has 1 aliphatic heterocycles. The van der Waals surface area contributed by atoms with Gasteiger partial charge in [0, 0.05) is 54.4 Å². The van der Waals surface area contributed by atoms with Gasteiger partial charge in [0.15, 0.2) is 11.0 Å². The number of aromatic nitrogens is 5. The van der Waals surface area contributed by atoms with E-state index in [2.05, 4.69) is 58.2 Å². The summed E-state index contributed by atoms with van der Waals surface area (Å²) in [5, 5.41) is 19.0. The Morgan fingerprint density at radius 3 is 2.67 bits per heavy atom. The fraction of sp³-hybridized carbons (Fsp3) is 0.407. The number of fused-ring (bicyclic) bond motifs is 1. The zero-order valence-corrected chi connectivity index (χ0v) is 23.9. The third-order valence-corrected chi connectivity index (χ3v) is 8.48. The van der Waals surface area contributed by atoms with Gasteiger partial charge in [0.2, 0.25) is 0 Å². The Labute approximate surface area is 233 Å². The number of nitrogens with zero attached hydrogens (tertiary/aromatic N) is 6. The summed E-state index contributed by atoms with van der Waals surface area (Å²) in [6, 6.07) is 8.18. The van der Waals surface area contributed by atoms with Crippen LogP contribution in [-0.4, -0.2) is 69.5 Å². The summed E-state index contributed by atoms with van der Waals surface area (Å²) in [6.07, 6.45) is 6.52. The van der Waals surface area contributed by atoms with Gasteiger partial charge in [-0.05, 0) is 42.0 Å². The first kappa shape index (κ1) is 27.3. The highest BCUT2D eigenvalue weighted by Crippen LogP contribution is 2.39. The lowest BCUT2D eigenvalue weighted by molar-refractivity contribution is 0.269. The lowest BCUT2D eigenvalue weighted by Crippen LogP contribution is -2.57. The zero-order chi connectivity index (χ0) is 27.9. The Balaban J connectivity index is 1.45. The van der Waals surface area contributed by atoms with E-state index in [-0.39, 0.29) is 29.5 Å². The number of aliphatic hydroxyl groups is 1. The predicted molar refractivity (Wildman–Crippen MR) is 154 cm³/mol. The van der Waals surface area contributed by atoms with Crippen LogP contribution in [0.3, 0.4) is 0 Å². The lowest BCUT2D eigenvalue weighted by Gasteiger charge is -2.48. The van der Waals surface area contributed by atoms with Crippen LogP contribution in [0.4, 0.5) is 17.3 Å². The van der Waals surface area contributed by atoms with Crippen molar-refractivity contribution in [3.8, 4) is 11.4 Å². The Morgan fingerprint density at radius 2 is 1.97 bits per heavy atom. The van der Waals surface area contributed by atoms with Crippen molar-refractivity contribution in [1.82, 2.24) is 24.7 Å². The first-order chi connectivity index (χ1) is 18.5. The second kappa shape index (κ2) is 10.7. The number of halogens is 1. The Hall–Kier alpha value is -3.28. The molecule has 4 heterocycles. The number of benzene rings is 1. The van der Waals surface area contributed by atoms with Crippen LogP contribution in [0, 0.1) is 5.92 Å². The summed E-state index contributed by atoms with van der Waals surface area (Å²) in [4.78, 5) is 15.9. The highest BCUT2D eigenvalue weighted by Gasteiger charge is 2.38. The van der Waals surface area contributed by atoms with Gasteiger partial charge in [-0.2, -0.15) is 5.10 Å². The fourth-order valence-electron chi connectivity index (χ4n) is 5.11. The van der Waals surface area contributed by atoms with Crippen LogP contribution in [-0.2, 0) is 16.4 Å². The normalized spacial score (nSPS) is 17.6. The summed E-state index contributed by atoms with van der Waals surface area (Å²) >= 11 is 6.29. The van der Waals surface area contributed by atoms with Crippen LogP contribution in [0.5, 0.6) is 0 Å². The van der Waals surface area contributed by atoms with Gasteiger partial charge in [0.05, 0.1) is 24.5 Å². The summed E-state index contributed by atoms with van der Waals surface area (Å²) in [5.74, 6) is 2.22. The van der Waals surface area contributed by atoms with Crippen molar-refractivity contribution in [3.63, 3.8) is 0 Å². The molecule has 1 aliphatic rings. The average Bonchev–Trinajstić information content (AvgIpc) is 3.25. The second-order valence-electron chi connectivity index (χ2n) is 10.4. The zero-order valence-electron chi connectivity index (χ0n) is 22.3. The van der Waals surface area contributed by atoms with Crippen molar-refractivity contribution in [2.24, 2.45) is 5.92 Å². The molecular weight excluding hydrogens is 538 g/mol. The minimum absolute atomic E-state index is 0.0501. The number of hydrogen-bond donors (Lipinski definition) is 2. The van der Waals surface area contributed by atoms with Gasteiger partial charge in [-0.25, -0.2) is 23.4 Å². The number of pyridine rings is 1. The predicted octanol–water partition coefficient (Wildman–Crippen LogP) is 4.27. The third kappa shape index (κ3) is 5.70. The Kier molecular flexibility index (Phi) is 7.49. The minimum atomic E-state index is -3.02. The summed E-state index contributed by atoms with van der Waals surface area (Å²) < 4.78 is 25.2. The van der Waals surface area contributed by atoms with Crippen LogP contribution in [0.2, 0.25) is 5.15 Å². The molecule has 39 heavy (non-hydrogen) atoms. The van der Waals surface area contributed by atoms with Crippen molar-refractivity contribution in [1.29, 1.82) is 0 Å². The van der Waals surface area contributed by atoms with Crippen LogP contribution >= 0.6 is 11.6 Å². The third-order valence-electron chi connectivity index (χ3n) is 7.16. The van der Waals surface area contributed by atoms with Gasteiger partial charge in [0.25, 0.3) is 0 Å². The molecule has 0 unspecified atom stereocenters. The van der Waals surface area contributed by atoms with Crippen molar-refractivity contribution < 1.29 is 13.5 Å². The molecule has 5 rings (SSSR count). The minimum Gasteiger partial charge on any atom is -0.394 e. The number of rotatable bonds is 9. The molecule has 1 saturated heterocycles. The average molecular weight is 570 g/mol. The summed E-state index contributed by atoms with van der Waals surface area (Å²) in [5.41, 5.74) is 2.83. The Morgan fingerprint density at radius 1 is 1.18 bits per heavy atom. The molecule has 0 spiro atoms. The van der Waals surface area contributed by atoms with Gasteiger partial charge in [-0.15, -0.1) is 0 Å². The van der Waals surface area contributed by atoms with Crippen molar-refractivity contribution in [2.75, 3.05) is 35.4 Å². The summed E-state index contributed by atoms with van der Waals surface area (Å²) in [6.45, 7) is 7.38. The van der Waals surface area contributed by atoms with Gasteiger partial charge >= 0.3 is 0 Å². The van der Waals surface area contributed by atoms with E-state index >= 15 is 0 Å². The largest absolute Gasteiger partial charge is 0.394 e. The van der Waals surface area contributed by atoms with Crippen LogP contribution < -0.4 is 10.2 Å². The maximum Gasteiger partial charge on any atom is 0.166 e. The van der Waals surface area contributed by atoms with Crippen molar-refractivity contribution >= 4 is 49.5 Å². The van der Waals surface area contributed by atoms with Gasteiger partial charge in [0.1, 0.15) is 21.5 Å². The number of nitrogens with one attached hydrogen (secondary N) is 1. The summed E-state index contributed by atoms with van der Waals surface area (Å²) in [7, 11) is -3.02. The molecule has 0 saturated carbocycles. The smallest absolute Gasteiger partial charge is 0.166 e. The molecule has 12 heteroatoms. The molecule has 2 N–H and O–H groups in total. The molecule has 0 aliphatic carbocycles. The fourth-order valence-corrected chi connectivity index (χ4v) is 6.50. The SMILES string of the molecule is CC(C)c1ccc(N2C[C@H](CS(C)(=O)=O)[C@H]2C)c2cnc(Nc3ccnc(-c4cn(CCO)nc4Cl)n3)cc12. The topological polar surface area (TPSA) is 126 Å². The number of aliphatic hydroxyl groups excluding tert-OH is 1. The van der Waals surface area contributed by atoms with E-state index in [1.807, 2.05) is 12.3 Å². The molecule has 0 amide bonds. The monoisotopic (exact) mass is 569 g/mol. The van der Waals surface area contributed by atoms with E-state index < -0.39 is 9.84 Å². The molecule has 4 aromatic rings. The Bertz CT molecular complexity index is 1620. The molecule has 2 atom stereocenters. The van der Waals surface area contributed by atoms with E-state index in [1.54, 1.807) is 23.1 Å². The quantitative estimate of drug-likeness (QED) is 0.304. The van der Waals surface area contributed by atoms with E-state index in [0.29, 0.717) is 42.0 Å². The van der Waals surface area contributed by atoms with Crippen LogP contribution in [0.15, 0.2) is 42.9 Å².